The summed E-state index contributed by atoms with van der Waals surface area (Å²) in [4.78, 5) is 18.2. The number of thiazole rings is 1. The number of anilines is 1. The molecular formula is C21H22N2O2S2. The maximum Gasteiger partial charge on any atom is 0.257 e. The van der Waals surface area contributed by atoms with E-state index in [0.717, 1.165) is 27.5 Å². The van der Waals surface area contributed by atoms with E-state index in [2.05, 4.69) is 24.1 Å². The van der Waals surface area contributed by atoms with Gasteiger partial charge in [0, 0.05) is 26.7 Å². The molecule has 0 aliphatic heterocycles. The zero-order valence-electron chi connectivity index (χ0n) is 15.8. The average Bonchev–Trinajstić information content (AvgIpc) is 3.09. The van der Waals surface area contributed by atoms with Crippen molar-refractivity contribution in [2.75, 3.05) is 12.4 Å². The van der Waals surface area contributed by atoms with E-state index >= 15 is 0 Å². The molecule has 3 aromatic rings. The van der Waals surface area contributed by atoms with Crippen molar-refractivity contribution in [1.29, 1.82) is 0 Å². The van der Waals surface area contributed by atoms with Gasteiger partial charge < -0.3 is 4.74 Å². The molecule has 4 nitrogen and oxygen atoms in total. The van der Waals surface area contributed by atoms with E-state index in [0.29, 0.717) is 15.9 Å². The number of methoxy groups -OCH3 is 1. The van der Waals surface area contributed by atoms with Gasteiger partial charge in [-0.25, -0.2) is 4.98 Å². The fourth-order valence-corrected chi connectivity index (χ4v) is 4.26. The minimum atomic E-state index is -0.145. The van der Waals surface area contributed by atoms with Crippen LogP contribution in [0.2, 0.25) is 0 Å². The van der Waals surface area contributed by atoms with E-state index in [9.17, 15) is 4.79 Å². The van der Waals surface area contributed by atoms with Gasteiger partial charge in [0.15, 0.2) is 5.13 Å². The quantitative estimate of drug-likeness (QED) is 0.527. The molecule has 140 valence electrons. The van der Waals surface area contributed by atoms with E-state index in [4.69, 9.17) is 4.74 Å². The third-order valence-electron chi connectivity index (χ3n) is 3.88. The number of nitrogens with one attached hydrogen (secondary N) is 1. The summed E-state index contributed by atoms with van der Waals surface area (Å²) in [5.74, 6) is 0.703. The molecule has 0 radical (unpaired) electrons. The van der Waals surface area contributed by atoms with Crippen molar-refractivity contribution in [3.63, 3.8) is 0 Å². The number of benzene rings is 2. The van der Waals surface area contributed by atoms with Crippen LogP contribution >= 0.6 is 23.1 Å². The first kappa shape index (κ1) is 19.5. The lowest BCUT2D eigenvalue weighted by Crippen LogP contribution is -2.11. The monoisotopic (exact) mass is 398 g/mol. The molecule has 1 aromatic heterocycles. The number of ether oxygens (including phenoxy) is 1. The second-order valence-corrected chi connectivity index (χ2v) is 8.88. The highest BCUT2D eigenvalue weighted by molar-refractivity contribution is 7.99. The number of aryl methyl sites for hydroxylation is 1. The van der Waals surface area contributed by atoms with E-state index in [1.807, 2.05) is 54.8 Å². The summed E-state index contributed by atoms with van der Waals surface area (Å²) < 4.78 is 5.30. The minimum absolute atomic E-state index is 0.145. The topological polar surface area (TPSA) is 51.2 Å². The predicted molar refractivity (Wildman–Crippen MR) is 114 cm³/mol. The number of aromatic nitrogens is 1. The highest BCUT2D eigenvalue weighted by atomic mass is 32.2. The summed E-state index contributed by atoms with van der Waals surface area (Å²) in [5, 5.41) is 5.91. The molecule has 0 fully saturated rings. The lowest BCUT2D eigenvalue weighted by atomic mass is 10.1. The van der Waals surface area contributed by atoms with Gasteiger partial charge in [-0.15, -0.1) is 23.1 Å². The summed E-state index contributed by atoms with van der Waals surface area (Å²) in [6.07, 6.45) is 0. The Morgan fingerprint density at radius 1 is 1.22 bits per heavy atom. The SMILES string of the molecule is COc1ccc(-c2csc(NC(=O)c3cccc(SC(C)C)c3)n2)cc1C. The van der Waals surface area contributed by atoms with Crippen molar-refractivity contribution < 1.29 is 9.53 Å². The molecular weight excluding hydrogens is 376 g/mol. The fraction of sp³-hybridized carbons (Fsp3) is 0.238. The minimum Gasteiger partial charge on any atom is -0.496 e. The molecule has 1 N–H and O–H groups in total. The number of hydrogen-bond donors (Lipinski definition) is 1. The van der Waals surface area contributed by atoms with Crippen molar-refractivity contribution >= 4 is 34.1 Å². The van der Waals surface area contributed by atoms with Crippen LogP contribution in [-0.2, 0) is 0 Å². The van der Waals surface area contributed by atoms with Gasteiger partial charge in [0.2, 0.25) is 0 Å². The lowest BCUT2D eigenvalue weighted by molar-refractivity contribution is 0.102. The first-order chi connectivity index (χ1) is 13.0. The van der Waals surface area contributed by atoms with Gasteiger partial charge in [-0.1, -0.05) is 19.9 Å². The maximum atomic E-state index is 12.6. The zero-order valence-corrected chi connectivity index (χ0v) is 17.4. The van der Waals surface area contributed by atoms with Crippen LogP contribution in [0.25, 0.3) is 11.3 Å². The summed E-state index contributed by atoms with van der Waals surface area (Å²) in [5.41, 5.74) is 3.52. The van der Waals surface area contributed by atoms with Crippen LogP contribution in [-0.4, -0.2) is 23.3 Å². The largest absolute Gasteiger partial charge is 0.496 e. The van der Waals surface area contributed by atoms with Crippen molar-refractivity contribution in [1.82, 2.24) is 4.98 Å². The summed E-state index contributed by atoms with van der Waals surface area (Å²) >= 11 is 3.16. The highest BCUT2D eigenvalue weighted by Gasteiger charge is 2.12. The third-order valence-corrected chi connectivity index (χ3v) is 5.64. The average molecular weight is 399 g/mol. The van der Waals surface area contributed by atoms with Crippen LogP contribution < -0.4 is 10.1 Å². The molecule has 2 aromatic carbocycles. The van der Waals surface area contributed by atoms with Gasteiger partial charge in [0.1, 0.15) is 5.75 Å². The molecule has 0 unspecified atom stereocenters. The Balaban J connectivity index is 1.74. The van der Waals surface area contributed by atoms with Crippen LogP contribution in [0.15, 0.2) is 52.7 Å². The predicted octanol–water partition coefficient (Wildman–Crippen LogP) is 5.88. The molecule has 0 atom stereocenters. The smallest absolute Gasteiger partial charge is 0.257 e. The second-order valence-electron chi connectivity index (χ2n) is 6.37. The molecule has 0 aliphatic carbocycles. The van der Waals surface area contributed by atoms with E-state index < -0.39 is 0 Å². The molecule has 1 amide bonds. The number of nitrogens with zero attached hydrogens (tertiary/aromatic N) is 1. The Bertz CT molecular complexity index is 951. The Kier molecular flexibility index (Phi) is 6.19. The zero-order chi connectivity index (χ0) is 19.4. The Morgan fingerprint density at radius 2 is 2.04 bits per heavy atom. The first-order valence-electron chi connectivity index (χ1n) is 8.65. The molecule has 27 heavy (non-hydrogen) atoms. The van der Waals surface area contributed by atoms with Gasteiger partial charge in [-0.05, 0) is 48.9 Å². The van der Waals surface area contributed by atoms with Crippen molar-refractivity contribution in [3.8, 4) is 17.0 Å². The highest BCUT2D eigenvalue weighted by Crippen LogP contribution is 2.29. The molecule has 1 heterocycles. The normalized spacial score (nSPS) is 10.9. The number of amides is 1. The standard InChI is InChI=1S/C21H22N2O2S2/c1-13(2)27-17-7-5-6-16(11-17)20(24)23-21-22-18(12-26-21)15-8-9-19(25-4)14(3)10-15/h5-13H,1-4H3,(H,22,23,24). The van der Waals surface area contributed by atoms with Crippen molar-refractivity contribution in [2.45, 2.75) is 30.9 Å². The Labute approximate surface area is 168 Å². The molecule has 6 heteroatoms. The number of thioether (sulfide) groups is 1. The second kappa shape index (κ2) is 8.59. The summed E-state index contributed by atoms with van der Waals surface area (Å²) in [6.45, 7) is 6.27. The lowest BCUT2D eigenvalue weighted by Gasteiger charge is -2.07. The Morgan fingerprint density at radius 3 is 2.74 bits per heavy atom. The van der Waals surface area contributed by atoms with E-state index in [-0.39, 0.29) is 5.91 Å². The number of hydrogen-bond acceptors (Lipinski definition) is 5. The number of carbonyl (C=O) groups excluding carboxylic acids is 1. The van der Waals surface area contributed by atoms with E-state index in [1.54, 1.807) is 18.9 Å². The van der Waals surface area contributed by atoms with E-state index in [1.165, 1.54) is 11.3 Å². The van der Waals surface area contributed by atoms with Crippen LogP contribution in [0.4, 0.5) is 5.13 Å². The molecule has 0 saturated heterocycles. The maximum absolute atomic E-state index is 12.6. The van der Waals surface area contributed by atoms with Crippen LogP contribution in [0.1, 0.15) is 29.8 Å². The van der Waals surface area contributed by atoms with Crippen molar-refractivity contribution in [2.24, 2.45) is 0 Å². The fourth-order valence-electron chi connectivity index (χ4n) is 2.65. The molecule has 0 bridgehead atoms. The summed E-state index contributed by atoms with van der Waals surface area (Å²) in [7, 11) is 1.66. The molecule has 0 aliphatic rings. The van der Waals surface area contributed by atoms with Gasteiger partial charge in [0.05, 0.1) is 12.8 Å². The van der Waals surface area contributed by atoms with Gasteiger partial charge in [-0.3, -0.25) is 10.1 Å². The molecule has 0 saturated carbocycles. The van der Waals surface area contributed by atoms with Crippen molar-refractivity contribution in [3.05, 3.63) is 59.0 Å². The van der Waals surface area contributed by atoms with Gasteiger partial charge in [-0.2, -0.15) is 0 Å². The first-order valence-corrected chi connectivity index (χ1v) is 10.4. The van der Waals surface area contributed by atoms with Crippen LogP contribution in [0, 0.1) is 6.92 Å². The van der Waals surface area contributed by atoms with Gasteiger partial charge in [0.25, 0.3) is 5.91 Å². The number of rotatable bonds is 6. The molecule has 0 spiro atoms. The number of carbonyl (C=O) groups is 1. The summed E-state index contributed by atoms with van der Waals surface area (Å²) in [6, 6.07) is 13.6. The van der Waals surface area contributed by atoms with Gasteiger partial charge >= 0.3 is 0 Å². The van der Waals surface area contributed by atoms with Crippen LogP contribution in [0.3, 0.4) is 0 Å². The Hall–Kier alpha value is -2.31. The van der Waals surface area contributed by atoms with Crippen LogP contribution in [0.5, 0.6) is 5.75 Å². The third kappa shape index (κ3) is 4.90. The molecule has 3 rings (SSSR count).